The van der Waals surface area contributed by atoms with Crippen LogP contribution in [0.15, 0.2) is 6.07 Å². The molecule has 0 aliphatic carbocycles. The van der Waals surface area contributed by atoms with E-state index < -0.39 is 0 Å². The molecule has 1 heterocycles. The lowest BCUT2D eigenvalue weighted by molar-refractivity contribution is 0.353. The average molecular weight is 214 g/mol. The van der Waals surface area contributed by atoms with Gasteiger partial charge >= 0.3 is 6.01 Å². The molecule has 1 rings (SSSR count). The van der Waals surface area contributed by atoms with Gasteiger partial charge in [0, 0.05) is 6.07 Å². The van der Waals surface area contributed by atoms with Crippen LogP contribution in [0.4, 0.5) is 5.82 Å². The topological polar surface area (TPSA) is 82.3 Å². The molecule has 1 aromatic heterocycles. The van der Waals surface area contributed by atoms with Crippen molar-refractivity contribution in [2.75, 3.05) is 19.5 Å². The van der Waals surface area contributed by atoms with Crippen LogP contribution >= 0.6 is 12.2 Å². The largest absolute Gasteiger partial charge is 0.481 e. The Balaban J connectivity index is 2.98. The number of methoxy groups -OCH3 is 2. The Hall–Kier alpha value is -1.63. The van der Waals surface area contributed by atoms with Crippen molar-refractivity contribution in [3.63, 3.8) is 0 Å². The van der Waals surface area contributed by atoms with Gasteiger partial charge in [-0.05, 0) is 12.2 Å². The lowest BCUT2D eigenvalue weighted by Crippen LogP contribution is -2.20. The molecule has 0 saturated heterocycles. The summed E-state index contributed by atoms with van der Waals surface area (Å²) in [4.78, 5) is 7.85. The van der Waals surface area contributed by atoms with Crippen LogP contribution in [-0.4, -0.2) is 29.3 Å². The molecule has 0 aromatic carbocycles. The summed E-state index contributed by atoms with van der Waals surface area (Å²) in [5, 5.41) is 2.77. The van der Waals surface area contributed by atoms with E-state index in [1.807, 2.05) is 0 Å². The summed E-state index contributed by atoms with van der Waals surface area (Å²) in [6.45, 7) is 0. The fourth-order valence-electron chi connectivity index (χ4n) is 0.790. The SMILES string of the molecule is COc1cc(NC(N)=S)nc(OC)n1. The third kappa shape index (κ3) is 2.70. The first-order chi connectivity index (χ1) is 6.65. The number of hydrogen-bond acceptors (Lipinski definition) is 5. The van der Waals surface area contributed by atoms with Gasteiger partial charge in [-0.3, -0.25) is 0 Å². The first-order valence-electron chi connectivity index (χ1n) is 3.69. The number of thiocarbonyl (C=S) groups is 1. The van der Waals surface area contributed by atoms with Gasteiger partial charge in [-0.25, -0.2) is 0 Å². The Kier molecular flexibility index (Phi) is 3.41. The van der Waals surface area contributed by atoms with Gasteiger partial charge in [0.1, 0.15) is 5.82 Å². The van der Waals surface area contributed by atoms with E-state index in [0.29, 0.717) is 11.7 Å². The van der Waals surface area contributed by atoms with Gasteiger partial charge < -0.3 is 20.5 Å². The fourth-order valence-corrected chi connectivity index (χ4v) is 0.895. The zero-order chi connectivity index (χ0) is 10.6. The molecule has 14 heavy (non-hydrogen) atoms. The number of nitrogens with two attached hydrogens (primary N) is 1. The maximum absolute atomic E-state index is 5.29. The molecule has 0 unspecified atom stereocenters. The molecule has 76 valence electrons. The number of anilines is 1. The summed E-state index contributed by atoms with van der Waals surface area (Å²) in [5.41, 5.74) is 5.29. The zero-order valence-corrected chi connectivity index (χ0v) is 8.59. The van der Waals surface area contributed by atoms with Gasteiger partial charge in [-0.2, -0.15) is 9.97 Å². The van der Waals surface area contributed by atoms with Crippen molar-refractivity contribution >= 4 is 23.1 Å². The third-order valence-corrected chi connectivity index (χ3v) is 1.43. The number of ether oxygens (including phenoxy) is 2. The molecule has 0 saturated carbocycles. The van der Waals surface area contributed by atoms with Gasteiger partial charge in [0.05, 0.1) is 14.2 Å². The average Bonchev–Trinajstić information content (AvgIpc) is 2.16. The standard InChI is InChI=1S/C7H10N4O2S/c1-12-5-3-4(9-6(8)14)10-7(11-5)13-2/h3H,1-2H3,(H3,8,9,10,11,14). The number of rotatable bonds is 3. The molecule has 3 N–H and O–H groups in total. The van der Waals surface area contributed by atoms with E-state index in [1.165, 1.54) is 14.2 Å². The highest BCUT2D eigenvalue weighted by Gasteiger charge is 2.04. The Morgan fingerprint density at radius 1 is 1.43 bits per heavy atom. The van der Waals surface area contributed by atoms with Gasteiger partial charge in [0.15, 0.2) is 5.11 Å². The summed E-state index contributed by atoms with van der Waals surface area (Å²) in [6.07, 6.45) is 0. The van der Waals surface area contributed by atoms with Crippen LogP contribution in [0.25, 0.3) is 0 Å². The van der Waals surface area contributed by atoms with Crippen LogP contribution in [-0.2, 0) is 0 Å². The highest BCUT2D eigenvalue weighted by Crippen LogP contribution is 2.16. The van der Waals surface area contributed by atoms with Gasteiger partial charge in [-0.1, -0.05) is 0 Å². The first kappa shape index (κ1) is 10.5. The molecular weight excluding hydrogens is 204 g/mol. The van der Waals surface area contributed by atoms with Crippen LogP contribution in [0.5, 0.6) is 11.9 Å². The molecule has 0 radical (unpaired) electrons. The van der Waals surface area contributed by atoms with Gasteiger partial charge in [-0.15, -0.1) is 0 Å². The molecule has 0 aliphatic heterocycles. The minimum atomic E-state index is 0.118. The maximum Gasteiger partial charge on any atom is 0.321 e. The molecule has 0 bridgehead atoms. The van der Waals surface area contributed by atoms with Crippen LogP contribution in [0, 0.1) is 0 Å². The Morgan fingerprint density at radius 2 is 2.14 bits per heavy atom. The Labute approximate surface area is 86.4 Å². The van der Waals surface area contributed by atoms with Crippen molar-refractivity contribution in [2.24, 2.45) is 5.73 Å². The van der Waals surface area contributed by atoms with E-state index in [9.17, 15) is 0 Å². The monoisotopic (exact) mass is 214 g/mol. The predicted octanol–water partition coefficient (Wildman–Crippen LogP) is 0.149. The van der Waals surface area contributed by atoms with E-state index in [4.69, 9.17) is 15.2 Å². The molecule has 0 spiro atoms. The maximum atomic E-state index is 5.29. The van der Waals surface area contributed by atoms with E-state index in [-0.39, 0.29) is 11.1 Å². The lowest BCUT2D eigenvalue weighted by Gasteiger charge is -2.06. The quantitative estimate of drug-likeness (QED) is 0.693. The van der Waals surface area contributed by atoms with Gasteiger partial charge in [0.25, 0.3) is 0 Å². The molecule has 0 amide bonds. The van der Waals surface area contributed by atoms with Crippen molar-refractivity contribution in [1.29, 1.82) is 0 Å². The van der Waals surface area contributed by atoms with Crippen LogP contribution in [0.2, 0.25) is 0 Å². The summed E-state index contributed by atoms with van der Waals surface area (Å²) in [5.74, 6) is 0.803. The summed E-state index contributed by atoms with van der Waals surface area (Å²) in [7, 11) is 2.95. The second kappa shape index (κ2) is 4.56. The molecule has 0 atom stereocenters. The highest BCUT2D eigenvalue weighted by atomic mass is 32.1. The summed E-state index contributed by atoms with van der Waals surface area (Å²) in [6, 6.07) is 1.74. The molecule has 0 aliphatic rings. The van der Waals surface area contributed by atoms with Crippen LogP contribution in [0.1, 0.15) is 0 Å². The van der Waals surface area contributed by atoms with Crippen LogP contribution < -0.4 is 20.5 Å². The van der Waals surface area contributed by atoms with Crippen molar-refractivity contribution in [3.8, 4) is 11.9 Å². The first-order valence-corrected chi connectivity index (χ1v) is 4.10. The number of nitrogens with zero attached hydrogens (tertiary/aromatic N) is 2. The van der Waals surface area contributed by atoms with E-state index in [1.54, 1.807) is 6.07 Å². The van der Waals surface area contributed by atoms with E-state index in [0.717, 1.165) is 0 Å². The van der Waals surface area contributed by atoms with Crippen molar-refractivity contribution in [2.45, 2.75) is 0 Å². The van der Waals surface area contributed by atoms with E-state index in [2.05, 4.69) is 27.5 Å². The predicted molar refractivity (Wildman–Crippen MR) is 55.5 cm³/mol. The van der Waals surface area contributed by atoms with Gasteiger partial charge in [0.2, 0.25) is 5.88 Å². The highest BCUT2D eigenvalue weighted by molar-refractivity contribution is 7.80. The Morgan fingerprint density at radius 3 is 2.64 bits per heavy atom. The van der Waals surface area contributed by atoms with E-state index >= 15 is 0 Å². The summed E-state index contributed by atoms with van der Waals surface area (Å²) >= 11 is 4.66. The van der Waals surface area contributed by atoms with Crippen molar-refractivity contribution < 1.29 is 9.47 Å². The molecule has 7 heteroatoms. The van der Waals surface area contributed by atoms with Crippen molar-refractivity contribution in [1.82, 2.24) is 9.97 Å². The number of aromatic nitrogens is 2. The second-order valence-electron chi connectivity index (χ2n) is 2.27. The smallest absolute Gasteiger partial charge is 0.321 e. The van der Waals surface area contributed by atoms with Crippen LogP contribution in [0.3, 0.4) is 0 Å². The molecule has 0 fully saturated rings. The normalized spacial score (nSPS) is 9.29. The molecular formula is C7H10N4O2S. The van der Waals surface area contributed by atoms with Crippen molar-refractivity contribution in [3.05, 3.63) is 6.07 Å². The fraction of sp³-hybridized carbons (Fsp3) is 0.286. The lowest BCUT2D eigenvalue weighted by atomic mass is 10.5. The number of nitrogens with one attached hydrogen (secondary N) is 1. The molecule has 1 aromatic rings. The minimum absolute atomic E-state index is 0.118. The number of hydrogen-bond donors (Lipinski definition) is 2. The third-order valence-electron chi connectivity index (χ3n) is 1.33. The zero-order valence-electron chi connectivity index (χ0n) is 7.77. The second-order valence-corrected chi connectivity index (χ2v) is 2.71. The summed E-state index contributed by atoms with van der Waals surface area (Å²) < 4.78 is 9.78. The Bertz CT molecular complexity index is 322. The molecule has 6 nitrogen and oxygen atoms in total. The minimum Gasteiger partial charge on any atom is -0.481 e.